The number of fused-ring (bicyclic) bond motifs is 1. The van der Waals surface area contributed by atoms with Gasteiger partial charge in [0, 0.05) is 0 Å². The zero-order valence-electron chi connectivity index (χ0n) is 15.2. The predicted octanol–water partition coefficient (Wildman–Crippen LogP) is 6.44. The molecule has 1 aliphatic rings. The molecular weight excluding hydrogens is 292 g/mol. The molecule has 0 radical (unpaired) electrons. The van der Waals surface area contributed by atoms with Gasteiger partial charge >= 0.3 is 0 Å². The van der Waals surface area contributed by atoms with Gasteiger partial charge in [0.2, 0.25) is 0 Å². The number of ether oxygens (including phenoxy) is 1. The molecule has 0 heterocycles. The van der Waals surface area contributed by atoms with Crippen molar-refractivity contribution in [1.29, 1.82) is 0 Å². The Balaban J connectivity index is 1.65. The summed E-state index contributed by atoms with van der Waals surface area (Å²) in [6.07, 6.45) is 10.9. The first kappa shape index (κ1) is 17.1. The van der Waals surface area contributed by atoms with Crippen molar-refractivity contribution in [2.45, 2.75) is 58.3 Å². The van der Waals surface area contributed by atoms with Crippen molar-refractivity contribution >= 4 is 0 Å². The van der Waals surface area contributed by atoms with Gasteiger partial charge in [-0.25, -0.2) is 0 Å². The molecule has 0 bridgehead atoms. The molecule has 0 aliphatic heterocycles. The maximum absolute atomic E-state index is 5.25. The van der Waals surface area contributed by atoms with E-state index in [0.717, 1.165) is 11.7 Å². The van der Waals surface area contributed by atoms with Crippen LogP contribution in [-0.2, 0) is 12.8 Å². The Morgan fingerprint density at radius 2 is 1.71 bits per heavy atom. The molecule has 3 rings (SSSR count). The molecule has 0 saturated heterocycles. The second kappa shape index (κ2) is 8.37. The fraction of sp³-hybridized carbons (Fsp3) is 0.478. The number of hydrogen-bond acceptors (Lipinski definition) is 1. The van der Waals surface area contributed by atoms with E-state index in [1.165, 1.54) is 62.5 Å². The summed E-state index contributed by atoms with van der Waals surface area (Å²) in [6, 6.07) is 15.5. The zero-order chi connectivity index (χ0) is 16.8. The summed E-state index contributed by atoms with van der Waals surface area (Å²) in [5.41, 5.74) is 5.75. The third kappa shape index (κ3) is 4.20. The zero-order valence-corrected chi connectivity index (χ0v) is 15.2. The van der Waals surface area contributed by atoms with Crippen LogP contribution in [0.4, 0.5) is 0 Å². The lowest BCUT2D eigenvalue weighted by molar-refractivity contribution is 0.406. The van der Waals surface area contributed by atoms with Crippen LogP contribution >= 0.6 is 0 Å². The molecular formula is C23H30O. The van der Waals surface area contributed by atoms with E-state index in [0.29, 0.717) is 0 Å². The molecule has 0 saturated carbocycles. The van der Waals surface area contributed by atoms with Crippen LogP contribution in [0, 0.1) is 5.92 Å². The van der Waals surface area contributed by atoms with Gasteiger partial charge < -0.3 is 4.74 Å². The van der Waals surface area contributed by atoms with Gasteiger partial charge in [-0.3, -0.25) is 0 Å². The van der Waals surface area contributed by atoms with E-state index in [-0.39, 0.29) is 0 Å². The van der Waals surface area contributed by atoms with E-state index < -0.39 is 0 Å². The molecule has 1 aliphatic carbocycles. The SMILES string of the molecule is CCCCCCC1CCc2cc(-c3ccc(OC)cc3)ccc2C1. The minimum absolute atomic E-state index is 0.904. The van der Waals surface area contributed by atoms with Gasteiger partial charge in [0.25, 0.3) is 0 Å². The second-order valence-electron chi connectivity index (χ2n) is 7.17. The average molecular weight is 322 g/mol. The summed E-state index contributed by atoms with van der Waals surface area (Å²) in [4.78, 5) is 0. The van der Waals surface area contributed by atoms with Gasteiger partial charge in [0.15, 0.2) is 0 Å². The quantitative estimate of drug-likeness (QED) is 0.533. The van der Waals surface area contributed by atoms with Crippen LogP contribution in [0.25, 0.3) is 11.1 Å². The summed E-state index contributed by atoms with van der Waals surface area (Å²) in [7, 11) is 1.71. The third-order valence-electron chi connectivity index (χ3n) is 5.43. The van der Waals surface area contributed by atoms with E-state index in [2.05, 4.69) is 37.3 Å². The standard InChI is InChI=1S/C23H30O/c1-3-4-5-6-7-18-8-9-22-17-21(11-10-20(22)16-18)19-12-14-23(24-2)15-13-19/h10-15,17-18H,3-9,16H2,1-2H3. The molecule has 1 heteroatoms. The van der Waals surface area contributed by atoms with Gasteiger partial charge in [0.1, 0.15) is 5.75 Å². The van der Waals surface area contributed by atoms with Gasteiger partial charge in [-0.05, 0) is 59.6 Å². The van der Waals surface area contributed by atoms with Gasteiger partial charge in [-0.15, -0.1) is 0 Å². The van der Waals surface area contributed by atoms with Crippen molar-refractivity contribution in [3.05, 3.63) is 53.6 Å². The molecule has 0 N–H and O–H groups in total. The molecule has 1 atom stereocenters. The Morgan fingerprint density at radius 3 is 2.46 bits per heavy atom. The van der Waals surface area contributed by atoms with Crippen LogP contribution in [-0.4, -0.2) is 7.11 Å². The van der Waals surface area contributed by atoms with Crippen LogP contribution in [0.15, 0.2) is 42.5 Å². The Hall–Kier alpha value is -1.76. The molecule has 0 spiro atoms. The molecule has 0 amide bonds. The van der Waals surface area contributed by atoms with Crippen molar-refractivity contribution in [3.63, 3.8) is 0 Å². The maximum Gasteiger partial charge on any atom is 0.118 e. The minimum atomic E-state index is 0.904. The molecule has 0 fully saturated rings. The largest absolute Gasteiger partial charge is 0.497 e. The van der Waals surface area contributed by atoms with Crippen molar-refractivity contribution in [1.82, 2.24) is 0 Å². The minimum Gasteiger partial charge on any atom is -0.497 e. The predicted molar refractivity (Wildman–Crippen MR) is 103 cm³/mol. The van der Waals surface area contributed by atoms with Gasteiger partial charge in [-0.2, -0.15) is 0 Å². The first-order chi connectivity index (χ1) is 11.8. The van der Waals surface area contributed by atoms with Crippen LogP contribution in [0.1, 0.15) is 56.6 Å². The number of unbranched alkanes of at least 4 members (excludes halogenated alkanes) is 3. The van der Waals surface area contributed by atoms with E-state index in [1.54, 1.807) is 18.2 Å². The summed E-state index contributed by atoms with van der Waals surface area (Å²) in [5, 5.41) is 0. The topological polar surface area (TPSA) is 9.23 Å². The monoisotopic (exact) mass is 322 g/mol. The molecule has 24 heavy (non-hydrogen) atoms. The lowest BCUT2D eigenvalue weighted by Gasteiger charge is -2.25. The van der Waals surface area contributed by atoms with Crippen molar-refractivity contribution in [2.24, 2.45) is 5.92 Å². The number of hydrogen-bond donors (Lipinski definition) is 0. The summed E-state index contributed by atoms with van der Waals surface area (Å²) in [5.74, 6) is 1.82. The summed E-state index contributed by atoms with van der Waals surface area (Å²) >= 11 is 0. The number of methoxy groups -OCH3 is 1. The smallest absolute Gasteiger partial charge is 0.118 e. The Morgan fingerprint density at radius 1 is 0.917 bits per heavy atom. The lowest BCUT2D eigenvalue weighted by Crippen LogP contribution is -2.14. The van der Waals surface area contributed by atoms with Gasteiger partial charge in [-0.1, -0.05) is 69.4 Å². The Labute approximate surface area is 147 Å². The van der Waals surface area contributed by atoms with E-state index in [4.69, 9.17) is 4.74 Å². The van der Waals surface area contributed by atoms with Crippen LogP contribution in [0.3, 0.4) is 0 Å². The molecule has 2 aromatic carbocycles. The van der Waals surface area contributed by atoms with E-state index >= 15 is 0 Å². The van der Waals surface area contributed by atoms with Gasteiger partial charge in [0.05, 0.1) is 7.11 Å². The van der Waals surface area contributed by atoms with Crippen molar-refractivity contribution in [2.75, 3.05) is 7.11 Å². The highest BCUT2D eigenvalue weighted by Gasteiger charge is 2.18. The van der Waals surface area contributed by atoms with Crippen molar-refractivity contribution < 1.29 is 4.74 Å². The Bertz CT molecular complexity index is 642. The highest BCUT2D eigenvalue weighted by molar-refractivity contribution is 5.65. The normalized spacial score (nSPS) is 16.7. The first-order valence-electron chi connectivity index (χ1n) is 9.56. The molecule has 2 aromatic rings. The number of aryl methyl sites for hydroxylation is 1. The maximum atomic E-state index is 5.25. The fourth-order valence-electron chi connectivity index (χ4n) is 3.90. The third-order valence-corrected chi connectivity index (χ3v) is 5.43. The molecule has 0 aromatic heterocycles. The van der Waals surface area contributed by atoms with Crippen LogP contribution in [0.2, 0.25) is 0 Å². The summed E-state index contributed by atoms with van der Waals surface area (Å²) < 4.78 is 5.25. The van der Waals surface area contributed by atoms with Crippen LogP contribution < -0.4 is 4.74 Å². The second-order valence-corrected chi connectivity index (χ2v) is 7.17. The van der Waals surface area contributed by atoms with Crippen molar-refractivity contribution in [3.8, 4) is 16.9 Å². The Kier molecular flexibility index (Phi) is 5.96. The van der Waals surface area contributed by atoms with Crippen LogP contribution in [0.5, 0.6) is 5.75 Å². The number of benzene rings is 2. The van der Waals surface area contributed by atoms with E-state index in [1.807, 2.05) is 12.1 Å². The average Bonchev–Trinajstić information content (AvgIpc) is 2.65. The lowest BCUT2D eigenvalue weighted by atomic mass is 9.80. The first-order valence-corrected chi connectivity index (χ1v) is 9.56. The molecule has 128 valence electrons. The summed E-state index contributed by atoms with van der Waals surface area (Å²) in [6.45, 7) is 2.29. The highest BCUT2D eigenvalue weighted by atomic mass is 16.5. The molecule has 1 unspecified atom stereocenters. The molecule has 1 nitrogen and oxygen atoms in total. The highest BCUT2D eigenvalue weighted by Crippen LogP contribution is 2.32. The fourth-order valence-corrected chi connectivity index (χ4v) is 3.90. The number of rotatable bonds is 7. The van der Waals surface area contributed by atoms with E-state index in [9.17, 15) is 0 Å².